The van der Waals surface area contributed by atoms with Crippen LogP contribution in [0.1, 0.15) is 16.7 Å². The SMILES string of the molecule is CN1CC(=O)N2C(Cc3ccc(O)cc3)C(=O)N(Cc3ccc(F)cc3F)CC2N1C(=O)NCc1ccccc1. The number of carbonyl (C=O) groups is 3. The molecule has 0 radical (unpaired) electrons. The molecule has 2 aliphatic heterocycles. The lowest BCUT2D eigenvalue weighted by atomic mass is 9.98. The van der Waals surface area contributed by atoms with Crippen molar-refractivity contribution in [3.63, 3.8) is 0 Å². The standard InChI is InChI=1S/C29H29F2N5O4/c1-33-18-27(38)35-25(13-19-7-11-23(37)12-8-19)28(39)34(16-21-9-10-22(30)14-24(21)31)17-26(35)36(33)29(40)32-15-20-5-3-2-4-6-20/h2-12,14,25-26,37H,13,15-18H2,1H3,(H,32,40). The smallest absolute Gasteiger partial charge is 0.334 e. The maximum absolute atomic E-state index is 14.6. The summed E-state index contributed by atoms with van der Waals surface area (Å²) in [6.45, 7) is -0.110. The highest BCUT2D eigenvalue weighted by molar-refractivity contribution is 5.91. The monoisotopic (exact) mass is 549 g/mol. The van der Waals surface area contributed by atoms with Gasteiger partial charge in [0.05, 0.1) is 13.1 Å². The number of amides is 4. The van der Waals surface area contributed by atoms with E-state index in [-0.39, 0.29) is 49.8 Å². The number of rotatable bonds is 6. The second-order valence-electron chi connectivity index (χ2n) is 9.93. The maximum atomic E-state index is 14.6. The number of fused-ring (bicyclic) bond motifs is 1. The maximum Gasteiger partial charge on any atom is 0.334 e. The second-order valence-corrected chi connectivity index (χ2v) is 9.93. The van der Waals surface area contributed by atoms with Crippen LogP contribution in [0, 0.1) is 11.6 Å². The highest BCUT2D eigenvalue weighted by Crippen LogP contribution is 2.29. The summed E-state index contributed by atoms with van der Waals surface area (Å²) in [5, 5.41) is 15.5. The molecule has 2 heterocycles. The van der Waals surface area contributed by atoms with Gasteiger partial charge in [0.1, 0.15) is 29.6 Å². The first-order chi connectivity index (χ1) is 19.2. The van der Waals surface area contributed by atoms with Crippen LogP contribution < -0.4 is 5.32 Å². The quantitative estimate of drug-likeness (QED) is 0.493. The number of phenolic OH excluding ortho intramolecular Hbond substituents is 1. The fraction of sp³-hybridized carbons (Fsp3) is 0.276. The van der Waals surface area contributed by atoms with Gasteiger partial charge < -0.3 is 20.2 Å². The van der Waals surface area contributed by atoms with E-state index in [4.69, 9.17) is 0 Å². The van der Waals surface area contributed by atoms with Crippen LogP contribution in [-0.2, 0) is 29.1 Å². The minimum absolute atomic E-state index is 0.0574. The van der Waals surface area contributed by atoms with E-state index in [1.165, 1.54) is 38.0 Å². The van der Waals surface area contributed by atoms with Crippen molar-refractivity contribution in [1.29, 1.82) is 0 Å². The predicted octanol–water partition coefficient (Wildman–Crippen LogP) is 2.85. The van der Waals surface area contributed by atoms with Crippen molar-refractivity contribution < 1.29 is 28.3 Å². The Bertz CT molecular complexity index is 1410. The van der Waals surface area contributed by atoms with Gasteiger partial charge in [0.2, 0.25) is 11.8 Å². The number of likely N-dealkylation sites (N-methyl/N-ethyl adjacent to an activating group) is 1. The van der Waals surface area contributed by atoms with Crippen molar-refractivity contribution in [3.05, 3.63) is 101 Å². The van der Waals surface area contributed by atoms with Crippen molar-refractivity contribution in [2.45, 2.75) is 31.7 Å². The number of benzene rings is 3. The molecule has 0 bridgehead atoms. The zero-order valence-electron chi connectivity index (χ0n) is 21.8. The van der Waals surface area contributed by atoms with Gasteiger partial charge in [-0.1, -0.05) is 48.5 Å². The number of piperazine rings is 1. The molecule has 0 aliphatic carbocycles. The summed E-state index contributed by atoms with van der Waals surface area (Å²) >= 11 is 0. The third-order valence-electron chi connectivity index (χ3n) is 7.18. The minimum atomic E-state index is -0.988. The third-order valence-corrected chi connectivity index (χ3v) is 7.18. The normalized spacial score (nSPS) is 19.5. The summed E-state index contributed by atoms with van der Waals surface area (Å²) in [4.78, 5) is 43.5. The topological polar surface area (TPSA) is 96.4 Å². The molecule has 2 fully saturated rings. The molecule has 2 aliphatic rings. The van der Waals surface area contributed by atoms with Gasteiger partial charge in [-0.05, 0) is 29.3 Å². The van der Waals surface area contributed by atoms with Gasteiger partial charge in [0.15, 0.2) is 0 Å². The zero-order valence-corrected chi connectivity index (χ0v) is 21.8. The molecule has 4 amide bonds. The van der Waals surface area contributed by atoms with E-state index >= 15 is 0 Å². The van der Waals surface area contributed by atoms with Gasteiger partial charge in [-0.2, -0.15) is 0 Å². The average Bonchev–Trinajstić information content (AvgIpc) is 2.92. The van der Waals surface area contributed by atoms with E-state index in [1.54, 1.807) is 19.2 Å². The van der Waals surface area contributed by atoms with Crippen LogP contribution in [0.15, 0.2) is 72.8 Å². The second kappa shape index (κ2) is 11.3. The Morgan fingerprint density at radius 3 is 2.42 bits per heavy atom. The highest BCUT2D eigenvalue weighted by atomic mass is 19.1. The fourth-order valence-electron chi connectivity index (χ4n) is 5.21. The lowest BCUT2D eigenvalue weighted by Crippen LogP contribution is -2.76. The van der Waals surface area contributed by atoms with Crippen LogP contribution in [0.25, 0.3) is 0 Å². The number of aromatic hydroxyl groups is 1. The largest absolute Gasteiger partial charge is 0.508 e. The van der Waals surface area contributed by atoms with E-state index < -0.39 is 35.8 Å². The third kappa shape index (κ3) is 5.59. The molecule has 208 valence electrons. The molecule has 40 heavy (non-hydrogen) atoms. The summed E-state index contributed by atoms with van der Waals surface area (Å²) in [6.07, 6.45) is -0.752. The molecule has 0 spiro atoms. The number of urea groups is 1. The Hall–Kier alpha value is -4.51. The predicted molar refractivity (Wildman–Crippen MR) is 141 cm³/mol. The van der Waals surface area contributed by atoms with Crippen molar-refractivity contribution in [2.24, 2.45) is 0 Å². The number of carbonyl (C=O) groups excluding carboxylic acids is 3. The number of hydrazine groups is 1. The first-order valence-corrected chi connectivity index (χ1v) is 12.8. The van der Waals surface area contributed by atoms with Gasteiger partial charge in [-0.15, -0.1) is 0 Å². The molecule has 2 atom stereocenters. The van der Waals surface area contributed by atoms with Crippen molar-refractivity contribution in [3.8, 4) is 5.75 Å². The van der Waals surface area contributed by atoms with Crippen molar-refractivity contribution in [2.75, 3.05) is 20.1 Å². The summed E-state index contributed by atoms with van der Waals surface area (Å²) in [7, 11) is 1.62. The highest BCUT2D eigenvalue weighted by Gasteiger charge is 2.50. The van der Waals surface area contributed by atoms with Crippen molar-refractivity contribution in [1.82, 2.24) is 25.1 Å². The van der Waals surface area contributed by atoms with Crippen LogP contribution in [0.4, 0.5) is 13.6 Å². The number of nitrogens with zero attached hydrogens (tertiary/aromatic N) is 4. The molecule has 0 aromatic heterocycles. The van der Waals surface area contributed by atoms with Crippen LogP contribution in [-0.4, -0.2) is 75.1 Å². The number of hydrogen-bond acceptors (Lipinski definition) is 5. The van der Waals surface area contributed by atoms with Crippen LogP contribution >= 0.6 is 0 Å². The molecular weight excluding hydrogens is 520 g/mol. The zero-order chi connectivity index (χ0) is 28.4. The summed E-state index contributed by atoms with van der Waals surface area (Å²) < 4.78 is 28.1. The van der Waals surface area contributed by atoms with Crippen molar-refractivity contribution >= 4 is 17.8 Å². The van der Waals surface area contributed by atoms with Crippen LogP contribution in [0.5, 0.6) is 5.75 Å². The van der Waals surface area contributed by atoms with Crippen LogP contribution in [0.2, 0.25) is 0 Å². The molecule has 5 rings (SSSR count). The molecule has 0 saturated carbocycles. The molecule has 11 heteroatoms. The van der Waals surface area contributed by atoms with Crippen LogP contribution in [0.3, 0.4) is 0 Å². The summed E-state index contributed by atoms with van der Waals surface area (Å²) in [5.74, 6) is -2.22. The molecule has 2 unspecified atom stereocenters. The molecule has 9 nitrogen and oxygen atoms in total. The first-order valence-electron chi connectivity index (χ1n) is 12.8. The number of halogens is 2. The van der Waals surface area contributed by atoms with E-state index in [1.807, 2.05) is 30.3 Å². The first kappa shape index (κ1) is 27.1. The molecule has 2 saturated heterocycles. The Kier molecular flexibility index (Phi) is 7.65. The number of phenols is 1. The van der Waals surface area contributed by atoms with Gasteiger partial charge >= 0.3 is 6.03 Å². The molecule has 2 N–H and O–H groups in total. The lowest BCUT2D eigenvalue weighted by molar-refractivity contribution is -0.187. The Labute approximate surface area is 230 Å². The molecule has 3 aromatic rings. The van der Waals surface area contributed by atoms with Gasteiger partial charge in [-0.25, -0.2) is 23.6 Å². The lowest BCUT2D eigenvalue weighted by Gasteiger charge is -2.54. The van der Waals surface area contributed by atoms with E-state index in [0.717, 1.165) is 17.7 Å². The summed E-state index contributed by atoms with van der Waals surface area (Å²) in [5.41, 5.74) is 1.69. The molecular formula is C29H29F2N5O4. The fourth-order valence-corrected chi connectivity index (χ4v) is 5.21. The summed E-state index contributed by atoms with van der Waals surface area (Å²) in [6, 6.07) is 17.3. The van der Waals surface area contributed by atoms with E-state index in [2.05, 4.69) is 5.32 Å². The van der Waals surface area contributed by atoms with E-state index in [0.29, 0.717) is 5.56 Å². The number of hydrogen-bond donors (Lipinski definition) is 2. The Balaban J connectivity index is 1.47. The minimum Gasteiger partial charge on any atom is -0.508 e. The van der Waals surface area contributed by atoms with Gasteiger partial charge in [0.25, 0.3) is 0 Å². The number of nitrogens with one attached hydrogen (secondary N) is 1. The Morgan fingerprint density at radius 2 is 1.73 bits per heavy atom. The molecule has 3 aromatic carbocycles. The van der Waals surface area contributed by atoms with Gasteiger partial charge in [0, 0.05) is 38.2 Å². The average molecular weight is 550 g/mol. The Morgan fingerprint density at radius 1 is 1.00 bits per heavy atom. The van der Waals surface area contributed by atoms with Gasteiger partial charge in [-0.3, -0.25) is 9.59 Å². The van der Waals surface area contributed by atoms with E-state index in [9.17, 15) is 28.3 Å².